The second-order valence-electron chi connectivity index (χ2n) is 3.93. The Morgan fingerprint density at radius 1 is 1.42 bits per heavy atom. The minimum absolute atomic E-state index is 0.210. The van der Waals surface area contributed by atoms with Crippen LogP contribution in [0.5, 0.6) is 11.5 Å². The molecule has 0 fully saturated rings. The summed E-state index contributed by atoms with van der Waals surface area (Å²) in [6, 6.07) is 7.20. The van der Waals surface area contributed by atoms with Gasteiger partial charge in [-0.1, -0.05) is 0 Å². The average molecular weight is 259 g/mol. The number of hydrazone groups is 1. The van der Waals surface area contributed by atoms with Gasteiger partial charge >= 0.3 is 0 Å². The maximum atomic E-state index is 11.1. The van der Waals surface area contributed by atoms with Crippen LogP contribution < -0.4 is 14.9 Å². The molecule has 0 saturated heterocycles. The van der Waals surface area contributed by atoms with E-state index >= 15 is 0 Å². The van der Waals surface area contributed by atoms with Crippen molar-refractivity contribution in [2.75, 3.05) is 13.2 Å². The van der Waals surface area contributed by atoms with Crippen LogP contribution in [0.2, 0.25) is 0 Å². The van der Waals surface area contributed by atoms with Gasteiger partial charge in [-0.2, -0.15) is 10.4 Å². The van der Waals surface area contributed by atoms with Gasteiger partial charge in [-0.3, -0.25) is 4.79 Å². The van der Waals surface area contributed by atoms with E-state index in [0.717, 1.165) is 5.56 Å². The molecule has 0 bridgehead atoms. The Morgan fingerprint density at radius 2 is 2.16 bits per heavy atom. The molecule has 6 heteroatoms. The van der Waals surface area contributed by atoms with Crippen LogP contribution in [0.25, 0.3) is 0 Å². The highest BCUT2D eigenvalue weighted by Crippen LogP contribution is 2.30. The fraction of sp³-hybridized carbons (Fsp3) is 0.308. The van der Waals surface area contributed by atoms with E-state index in [9.17, 15) is 4.79 Å². The third kappa shape index (κ3) is 3.22. The van der Waals surface area contributed by atoms with Crippen molar-refractivity contribution in [3.8, 4) is 17.6 Å². The molecule has 6 nitrogen and oxygen atoms in total. The number of carbonyl (C=O) groups is 1. The highest BCUT2D eigenvalue weighted by molar-refractivity contribution is 5.99. The zero-order chi connectivity index (χ0) is 13.7. The summed E-state index contributed by atoms with van der Waals surface area (Å²) in [6.07, 6.45) is -0.210. The number of amides is 1. The summed E-state index contributed by atoms with van der Waals surface area (Å²) >= 11 is 0. The Balaban J connectivity index is 2.11. The Labute approximate surface area is 110 Å². The maximum Gasteiger partial charge on any atom is 0.254 e. The molecule has 0 saturated carbocycles. The van der Waals surface area contributed by atoms with Crippen LogP contribution in [0.3, 0.4) is 0 Å². The van der Waals surface area contributed by atoms with Crippen LogP contribution in [0, 0.1) is 11.3 Å². The van der Waals surface area contributed by atoms with Gasteiger partial charge in [0.05, 0.1) is 11.8 Å². The number of benzene rings is 1. The lowest BCUT2D eigenvalue weighted by Crippen LogP contribution is -2.18. The number of hydrogen-bond acceptors (Lipinski definition) is 5. The molecule has 1 aliphatic heterocycles. The van der Waals surface area contributed by atoms with Crippen molar-refractivity contribution in [3.05, 3.63) is 23.8 Å². The van der Waals surface area contributed by atoms with E-state index in [1.165, 1.54) is 0 Å². The average Bonchev–Trinajstić information content (AvgIpc) is 2.44. The summed E-state index contributed by atoms with van der Waals surface area (Å²) < 4.78 is 10.9. The van der Waals surface area contributed by atoms with Crippen LogP contribution in [0.15, 0.2) is 23.3 Å². The minimum Gasteiger partial charge on any atom is -0.486 e. The van der Waals surface area contributed by atoms with Crippen LogP contribution in [-0.2, 0) is 4.79 Å². The monoisotopic (exact) mass is 259 g/mol. The lowest BCUT2D eigenvalue weighted by atomic mass is 10.1. The first-order chi connectivity index (χ1) is 9.20. The number of nitrogens with one attached hydrogen (secondary N) is 1. The van der Waals surface area contributed by atoms with E-state index in [1.54, 1.807) is 19.1 Å². The van der Waals surface area contributed by atoms with Crippen LogP contribution in [0.4, 0.5) is 0 Å². The van der Waals surface area contributed by atoms with Gasteiger partial charge in [0, 0.05) is 5.56 Å². The summed E-state index contributed by atoms with van der Waals surface area (Å²) in [7, 11) is 0. The van der Waals surface area contributed by atoms with E-state index in [0.29, 0.717) is 30.4 Å². The molecule has 0 aliphatic carbocycles. The number of nitrogens with zero attached hydrogens (tertiary/aromatic N) is 2. The molecular formula is C13H13N3O3. The Kier molecular flexibility index (Phi) is 3.98. The molecule has 1 aromatic rings. The third-order valence-corrected chi connectivity index (χ3v) is 2.55. The number of ether oxygens (including phenoxy) is 2. The molecule has 0 radical (unpaired) electrons. The van der Waals surface area contributed by atoms with E-state index in [2.05, 4.69) is 10.5 Å². The normalized spacial score (nSPS) is 13.6. The number of carbonyl (C=O) groups excluding carboxylic acids is 1. The van der Waals surface area contributed by atoms with Crippen LogP contribution in [-0.4, -0.2) is 24.8 Å². The molecule has 0 spiro atoms. The van der Waals surface area contributed by atoms with Gasteiger partial charge in [0.25, 0.3) is 5.91 Å². The predicted octanol–water partition coefficient (Wildman–Crippen LogP) is 1.21. The number of nitriles is 1. The van der Waals surface area contributed by atoms with Crippen LogP contribution >= 0.6 is 0 Å². The zero-order valence-electron chi connectivity index (χ0n) is 10.5. The number of rotatable bonds is 3. The molecular weight excluding hydrogens is 246 g/mol. The Morgan fingerprint density at radius 3 is 2.89 bits per heavy atom. The lowest BCUT2D eigenvalue weighted by molar-refractivity contribution is -0.120. The number of fused-ring (bicyclic) bond motifs is 1. The molecule has 2 rings (SSSR count). The van der Waals surface area contributed by atoms with Crippen LogP contribution in [0.1, 0.15) is 18.9 Å². The highest BCUT2D eigenvalue weighted by atomic mass is 16.6. The topological polar surface area (TPSA) is 83.7 Å². The second-order valence-corrected chi connectivity index (χ2v) is 3.93. The SMILES string of the molecule is C/C(=N\NC(=O)CC#N)c1ccc2c(c1)OCCO2. The molecule has 98 valence electrons. The smallest absolute Gasteiger partial charge is 0.254 e. The molecule has 19 heavy (non-hydrogen) atoms. The first kappa shape index (κ1) is 12.9. The van der Waals surface area contributed by atoms with Gasteiger partial charge in [0.2, 0.25) is 0 Å². The summed E-state index contributed by atoms with van der Waals surface area (Å²) in [6.45, 7) is 2.83. The van der Waals surface area contributed by atoms with Crippen molar-refractivity contribution in [1.29, 1.82) is 5.26 Å². The quantitative estimate of drug-likeness (QED) is 0.653. The molecule has 1 heterocycles. The largest absolute Gasteiger partial charge is 0.486 e. The molecule has 0 atom stereocenters. The van der Waals surface area contributed by atoms with Gasteiger partial charge < -0.3 is 9.47 Å². The van der Waals surface area contributed by atoms with Crippen molar-refractivity contribution in [3.63, 3.8) is 0 Å². The van der Waals surface area contributed by atoms with Gasteiger partial charge in [-0.15, -0.1) is 0 Å². The van der Waals surface area contributed by atoms with Gasteiger partial charge in [0.15, 0.2) is 11.5 Å². The van der Waals surface area contributed by atoms with E-state index in [-0.39, 0.29) is 6.42 Å². The van der Waals surface area contributed by atoms with E-state index in [1.807, 2.05) is 12.1 Å². The Bertz CT molecular complexity index is 561. The Hall–Kier alpha value is -2.55. The van der Waals surface area contributed by atoms with Gasteiger partial charge in [-0.05, 0) is 25.1 Å². The zero-order valence-corrected chi connectivity index (χ0v) is 10.5. The van der Waals surface area contributed by atoms with Gasteiger partial charge in [-0.25, -0.2) is 5.43 Å². The van der Waals surface area contributed by atoms with Crippen molar-refractivity contribution in [2.45, 2.75) is 13.3 Å². The van der Waals surface area contributed by atoms with Crippen molar-refractivity contribution in [1.82, 2.24) is 5.43 Å². The van der Waals surface area contributed by atoms with Crippen molar-refractivity contribution in [2.24, 2.45) is 5.10 Å². The standard InChI is InChI=1S/C13H13N3O3/c1-9(15-16-13(17)4-5-14)10-2-3-11-12(8-10)19-7-6-18-11/h2-3,8H,4,6-7H2,1H3,(H,16,17)/b15-9+. The molecule has 0 unspecified atom stereocenters. The van der Waals surface area contributed by atoms with Gasteiger partial charge in [0.1, 0.15) is 19.6 Å². The first-order valence-corrected chi connectivity index (χ1v) is 5.81. The third-order valence-electron chi connectivity index (χ3n) is 2.55. The highest BCUT2D eigenvalue weighted by Gasteiger charge is 2.12. The van der Waals surface area contributed by atoms with E-state index in [4.69, 9.17) is 14.7 Å². The summed E-state index contributed by atoms with van der Waals surface area (Å²) in [5.74, 6) is 0.942. The molecule has 0 aromatic heterocycles. The van der Waals surface area contributed by atoms with Crippen molar-refractivity contribution >= 4 is 11.6 Å². The predicted molar refractivity (Wildman–Crippen MR) is 68.0 cm³/mol. The maximum absolute atomic E-state index is 11.1. The van der Waals surface area contributed by atoms with E-state index < -0.39 is 5.91 Å². The first-order valence-electron chi connectivity index (χ1n) is 5.81. The minimum atomic E-state index is -0.431. The second kappa shape index (κ2) is 5.87. The lowest BCUT2D eigenvalue weighted by Gasteiger charge is -2.18. The summed E-state index contributed by atoms with van der Waals surface area (Å²) in [5.41, 5.74) is 3.77. The number of hydrogen-bond donors (Lipinski definition) is 1. The fourth-order valence-corrected chi connectivity index (χ4v) is 1.59. The summed E-state index contributed by atoms with van der Waals surface area (Å²) in [5, 5.41) is 12.3. The fourth-order valence-electron chi connectivity index (χ4n) is 1.59. The molecule has 1 N–H and O–H groups in total. The molecule has 1 aromatic carbocycles. The molecule has 1 amide bonds. The molecule has 1 aliphatic rings. The summed E-state index contributed by atoms with van der Waals surface area (Å²) in [4.78, 5) is 11.1. The van der Waals surface area contributed by atoms with Crippen molar-refractivity contribution < 1.29 is 14.3 Å².